The summed E-state index contributed by atoms with van der Waals surface area (Å²) in [4.78, 5) is 29.3. The van der Waals surface area contributed by atoms with Gasteiger partial charge in [0.05, 0.1) is 6.26 Å². The number of carbonyl (C=O) groups excluding carboxylic acids is 2. The molecule has 26 heavy (non-hydrogen) atoms. The van der Waals surface area contributed by atoms with Crippen LogP contribution >= 0.6 is 0 Å². The van der Waals surface area contributed by atoms with Crippen molar-refractivity contribution < 1.29 is 14.0 Å². The second-order valence-corrected chi connectivity index (χ2v) is 7.48. The lowest BCUT2D eigenvalue weighted by molar-refractivity contribution is 0.0773. The molecule has 1 aromatic carbocycles. The van der Waals surface area contributed by atoms with Crippen molar-refractivity contribution in [2.75, 3.05) is 38.5 Å². The Hall–Kier alpha value is -2.60. The highest BCUT2D eigenvalue weighted by Gasteiger charge is 2.43. The molecular formula is C20H23N3O3. The fraction of sp³-hybridized carbons (Fsp3) is 0.400. The zero-order valence-corrected chi connectivity index (χ0v) is 14.9. The van der Waals surface area contributed by atoms with E-state index in [9.17, 15) is 9.59 Å². The largest absolute Gasteiger partial charge is 0.459 e. The van der Waals surface area contributed by atoms with E-state index in [2.05, 4.69) is 17.3 Å². The maximum absolute atomic E-state index is 12.9. The van der Waals surface area contributed by atoms with E-state index >= 15 is 0 Å². The molecule has 2 saturated heterocycles. The van der Waals surface area contributed by atoms with Crippen LogP contribution in [0.4, 0.5) is 5.69 Å². The van der Waals surface area contributed by atoms with E-state index in [-0.39, 0.29) is 23.0 Å². The van der Waals surface area contributed by atoms with Gasteiger partial charge in [-0.3, -0.25) is 9.59 Å². The molecule has 2 aliphatic heterocycles. The van der Waals surface area contributed by atoms with Crippen molar-refractivity contribution in [2.24, 2.45) is 5.41 Å². The minimum absolute atomic E-state index is 0.0329. The van der Waals surface area contributed by atoms with Crippen LogP contribution in [0.1, 0.15) is 33.8 Å². The summed E-state index contributed by atoms with van der Waals surface area (Å²) < 4.78 is 5.10. The van der Waals surface area contributed by atoms with Crippen LogP contribution in [0.15, 0.2) is 47.1 Å². The van der Waals surface area contributed by atoms with E-state index in [1.54, 1.807) is 36.4 Å². The number of nitrogens with zero attached hydrogens (tertiary/aromatic N) is 2. The predicted octanol–water partition coefficient (Wildman–Crippen LogP) is 2.70. The molecule has 2 aromatic rings. The van der Waals surface area contributed by atoms with Gasteiger partial charge in [0.1, 0.15) is 0 Å². The van der Waals surface area contributed by atoms with E-state index in [4.69, 9.17) is 4.42 Å². The van der Waals surface area contributed by atoms with E-state index in [0.29, 0.717) is 11.3 Å². The van der Waals surface area contributed by atoms with Crippen molar-refractivity contribution in [1.29, 1.82) is 0 Å². The minimum Gasteiger partial charge on any atom is -0.459 e. The smallest absolute Gasteiger partial charge is 0.291 e. The molecule has 1 unspecified atom stereocenters. The van der Waals surface area contributed by atoms with Gasteiger partial charge >= 0.3 is 0 Å². The van der Waals surface area contributed by atoms with Crippen molar-refractivity contribution in [3.8, 4) is 0 Å². The highest BCUT2D eigenvalue weighted by Crippen LogP contribution is 2.39. The van der Waals surface area contributed by atoms with Crippen molar-refractivity contribution in [3.63, 3.8) is 0 Å². The Bertz CT molecular complexity index is 817. The lowest BCUT2D eigenvalue weighted by Crippen LogP contribution is -2.33. The highest BCUT2D eigenvalue weighted by atomic mass is 16.3. The lowest BCUT2D eigenvalue weighted by atomic mass is 9.86. The van der Waals surface area contributed by atoms with Crippen LogP contribution in [-0.4, -0.2) is 54.8 Å². The van der Waals surface area contributed by atoms with Gasteiger partial charge in [0, 0.05) is 36.3 Å². The summed E-state index contributed by atoms with van der Waals surface area (Å²) in [6.07, 6.45) is 3.68. The molecule has 4 rings (SSSR count). The Morgan fingerprint density at radius 2 is 1.96 bits per heavy atom. The van der Waals surface area contributed by atoms with Crippen molar-refractivity contribution >= 4 is 17.5 Å². The standard InChI is InChI=1S/C20H23N3O3/c1-22-9-7-20(13-22)8-10-23(14-20)19(25)15-4-2-5-16(12-15)21-18(24)17-6-3-11-26-17/h2-6,11-12H,7-10,13-14H2,1H3,(H,21,24). The number of rotatable bonds is 3. The molecule has 0 bridgehead atoms. The number of nitrogens with one attached hydrogen (secondary N) is 1. The molecule has 6 heteroatoms. The Morgan fingerprint density at radius 1 is 1.12 bits per heavy atom. The van der Waals surface area contributed by atoms with Crippen molar-refractivity contribution in [3.05, 3.63) is 54.0 Å². The molecule has 2 amide bonds. The van der Waals surface area contributed by atoms with Gasteiger partial charge in [-0.2, -0.15) is 0 Å². The summed E-state index contributed by atoms with van der Waals surface area (Å²) in [5, 5.41) is 2.77. The summed E-state index contributed by atoms with van der Waals surface area (Å²) in [5.41, 5.74) is 1.45. The Balaban J connectivity index is 1.45. The summed E-state index contributed by atoms with van der Waals surface area (Å²) in [5.74, 6) is -0.0483. The minimum atomic E-state index is -0.325. The van der Waals surface area contributed by atoms with Crippen LogP contribution in [-0.2, 0) is 0 Å². The lowest BCUT2D eigenvalue weighted by Gasteiger charge is -2.24. The molecule has 2 fully saturated rings. The molecule has 0 radical (unpaired) electrons. The molecule has 0 saturated carbocycles. The van der Waals surface area contributed by atoms with Crippen LogP contribution < -0.4 is 5.32 Å². The topological polar surface area (TPSA) is 65.8 Å². The number of benzene rings is 1. The summed E-state index contributed by atoms with van der Waals surface area (Å²) in [6, 6.07) is 10.4. The van der Waals surface area contributed by atoms with Crippen molar-refractivity contribution in [1.82, 2.24) is 9.80 Å². The zero-order valence-electron chi connectivity index (χ0n) is 14.9. The first-order chi connectivity index (χ1) is 12.5. The van der Waals surface area contributed by atoms with Gasteiger partial charge < -0.3 is 19.5 Å². The Labute approximate surface area is 152 Å². The number of carbonyl (C=O) groups is 2. The average molecular weight is 353 g/mol. The fourth-order valence-corrected chi connectivity index (χ4v) is 4.11. The number of hydrogen-bond acceptors (Lipinski definition) is 4. The molecule has 6 nitrogen and oxygen atoms in total. The van der Waals surface area contributed by atoms with E-state index in [1.165, 1.54) is 6.26 Å². The second kappa shape index (κ2) is 6.61. The fourth-order valence-electron chi connectivity index (χ4n) is 4.11. The average Bonchev–Trinajstić information content (AvgIpc) is 3.37. The Kier molecular flexibility index (Phi) is 4.28. The summed E-state index contributed by atoms with van der Waals surface area (Å²) >= 11 is 0. The quantitative estimate of drug-likeness (QED) is 0.921. The monoisotopic (exact) mass is 353 g/mol. The highest BCUT2D eigenvalue weighted by molar-refractivity contribution is 6.03. The van der Waals surface area contributed by atoms with Gasteiger partial charge in [-0.05, 0) is 56.8 Å². The van der Waals surface area contributed by atoms with Crippen LogP contribution in [0.25, 0.3) is 0 Å². The van der Waals surface area contributed by atoms with Crippen molar-refractivity contribution in [2.45, 2.75) is 12.8 Å². The molecule has 1 atom stereocenters. The maximum atomic E-state index is 12.9. The Morgan fingerprint density at radius 3 is 2.69 bits per heavy atom. The van der Waals surface area contributed by atoms with Gasteiger partial charge in [0.25, 0.3) is 11.8 Å². The maximum Gasteiger partial charge on any atom is 0.291 e. The first-order valence-electron chi connectivity index (χ1n) is 8.97. The third-order valence-electron chi connectivity index (χ3n) is 5.47. The number of amides is 2. The first-order valence-corrected chi connectivity index (χ1v) is 8.97. The van der Waals surface area contributed by atoms with Crippen LogP contribution in [0.2, 0.25) is 0 Å². The third kappa shape index (κ3) is 3.24. The number of hydrogen-bond donors (Lipinski definition) is 1. The molecule has 2 aliphatic rings. The molecule has 1 spiro atoms. The molecule has 136 valence electrons. The SMILES string of the molecule is CN1CCC2(CCN(C(=O)c3cccc(NC(=O)c4ccco4)c3)C2)C1. The normalized spacial score (nSPS) is 22.9. The van der Waals surface area contributed by atoms with Gasteiger partial charge in [-0.25, -0.2) is 0 Å². The van der Waals surface area contributed by atoms with E-state index in [0.717, 1.165) is 39.0 Å². The van der Waals surface area contributed by atoms with Crippen LogP contribution in [0.3, 0.4) is 0 Å². The summed E-state index contributed by atoms with van der Waals surface area (Å²) in [7, 11) is 2.14. The molecule has 0 aliphatic carbocycles. The van der Waals surface area contributed by atoms with E-state index in [1.807, 2.05) is 4.90 Å². The first kappa shape index (κ1) is 16.8. The van der Waals surface area contributed by atoms with Crippen LogP contribution in [0.5, 0.6) is 0 Å². The predicted molar refractivity (Wildman–Crippen MR) is 98.2 cm³/mol. The second-order valence-electron chi connectivity index (χ2n) is 7.48. The number of likely N-dealkylation sites (tertiary alicyclic amines) is 2. The van der Waals surface area contributed by atoms with Crippen LogP contribution in [0, 0.1) is 5.41 Å². The van der Waals surface area contributed by atoms with Gasteiger partial charge in [-0.15, -0.1) is 0 Å². The van der Waals surface area contributed by atoms with Gasteiger partial charge in [0.2, 0.25) is 0 Å². The van der Waals surface area contributed by atoms with E-state index < -0.39 is 0 Å². The molecule has 1 aromatic heterocycles. The van der Waals surface area contributed by atoms with Gasteiger partial charge in [0.15, 0.2) is 5.76 Å². The molecule has 3 heterocycles. The number of anilines is 1. The third-order valence-corrected chi connectivity index (χ3v) is 5.47. The molecular weight excluding hydrogens is 330 g/mol. The molecule has 1 N–H and O–H groups in total. The van der Waals surface area contributed by atoms with Gasteiger partial charge in [-0.1, -0.05) is 6.07 Å². The number of furan rings is 1. The zero-order chi connectivity index (χ0) is 18.1. The summed E-state index contributed by atoms with van der Waals surface area (Å²) in [6.45, 7) is 3.79.